The van der Waals surface area contributed by atoms with Crippen LogP contribution in [0.5, 0.6) is 0 Å². The Balaban J connectivity index is -0.000000321. The van der Waals surface area contributed by atoms with Crippen molar-refractivity contribution in [2.75, 3.05) is 0 Å². The molecule has 0 radical (unpaired) electrons. The molecule has 0 amide bonds. The average Bonchev–Trinajstić information content (AvgIpc) is 2.20. The summed E-state index contributed by atoms with van der Waals surface area (Å²) in [6, 6.07) is 0. The topological polar surface area (TPSA) is 77.4 Å². The standard InChI is InChI=1S/C12H25.Na.H2O4S/c1-3-5-7-9-11-12-10-8-6-4-2;;1-5(2,3)4/h1,3-12H2,2H3;;(H2,1,2,3,4)/q-1;+1;/p-1. The number of hydrogen-bond acceptors (Lipinski definition) is 3. The molecule has 0 unspecified atom stereocenters. The Labute approximate surface area is 135 Å². The Morgan fingerprint density at radius 2 is 1.22 bits per heavy atom. The first kappa shape index (κ1) is 23.9. The summed E-state index contributed by atoms with van der Waals surface area (Å²) in [6.07, 6.45) is 13.9. The summed E-state index contributed by atoms with van der Waals surface area (Å²) in [5, 5.41) is 0. The fourth-order valence-corrected chi connectivity index (χ4v) is 1.49. The molecule has 0 bridgehead atoms. The van der Waals surface area contributed by atoms with Gasteiger partial charge in [-0.25, -0.2) is 8.42 Å². The van der Waals surface area contributed by atoms with Gasteiger partial charge in [0.25, 0.3) is 0 Å². The molecule has 4 nitrogen and oxygen atoms in total. The summed E-state index contributed by atoms with van der Waals surface area (Å²) in [5.41, 5.74) is 0. The maximum atomic E-state index is 8.63. The van der Waals surface area contributed by atoms with Gasteiger partial charge in [0, 0.05) is 0 Å². The van der Waals surface area contributed by atoms with E-state index in [1.54, 1.807) is 0 Å². The van der Waals surface area contributed by atoms with Crippen LogP contribution in [0.1, 0.15) is 71.1 Å². The van der Waals surface area contributed by atoms with E-state index in [0.717, 1.165) is 6.42 Å². The van der Waals surface area contributed by atoms with Crippen LogP contribution in [-0.4, -0.2) is 17.5 Å². The zero-order chi connectivity index (χ0) is 13.6. The van der Waals surface area contributed by atoms with Gasteiger partial charge in [-0.3, -0.25) is 4.55 Å². The zero-order valence-corrected chi connectivity index (χ0v) is 14.7. The predicted molar refractivity (Wildman–Crippen MR) is 69.5 cm³/mol. The molecule has 0 saturated heterocycles. The van der Waals surface area contributed by atoms with E-state index in [-0.39, 0.29) is 29.6 Å². The van der Waals surface area contributed by atoms with Gasteiger partial charge in [-0.15, -0.1) is 0 Å². The van der Waals surface area contributed by atoms with Crippen LogP contribution in [0.2, 0.25) is 0 Å². The summed E-state index contributed by atoms with van der Waals surface area (Å²) >= 11 is 0. The maximum Gasteiger partial charge on any atom is 1.00 e. The molecule has 106 valence electrons. The Bertz CT molecular complexity index is 212. The van der Waals surface area contributed by atoms with Gasteiger partial charge in [0.2, 0.25) is 10.4 Å². The van der Waals surface area contributed by atoms with Gasteiger partial charge in [-0.2, -0.15) is 6.42 Å². The van der Waals surface area contributed by atoms with E-state index in [9.17, 15) is 0 Å². The third-order valence-electron chi connectivity index (χ3n) is 2.35. The van der Waals surface area contributed by atoms with E-state index in [1.807, 2.05) is 0 Å². The Hall–Kier alpha value is 0.870. The fraction of sp³-hybridized carbons (Fsp3) is 0.917. The minimum atomic E-state index is -4.92. The Kier molecular flexibility index (Phi) is 23.8. The van der Waals surface area contributed by atoms with Crippen LogP contribution in [0.3, 0.4) is 0 Å². The van der Waals surface area contributed by atoms with Crippen molar-refractivity contribution in [1.29, 1.82) is 0 Å². The quantitative estimate of drug-likeness (QED) is 0.223. The third kappa shape index (κ3) is 43.6. The molecule has 1 N–H and O–H groups in total. The predicted octanol–water partition coefficient (Wildman–Crippen LogP) is 0.750. The number of hydrogen-bond donors (Lipinski definition) is 1. The first-order valence-corrected chi connectivity index (χ1v) is 7.75. The van der Waals surface area contributed by atoms with Gasteiger partial charge in [-0.1, -0.05) is 64.7 Å². The molecule has 0 spiro atoms. The molecule has 0 aromatic rings. The Morgan fingerprint density at radius 3 is 1.50 bits per heavy atom. The van der Waals surface area contributed by atoms with Crippen LogP contribution in [0.4, 0.5) is 0 Å². The minimum absolute atomic E-state index is 0. The van der Waals surface area contributed by atoms with E-state index in [0.29, 0.717) is 0 Å². The minimum Gasteiger partial charge on any atom is -0.726 e. The van der Waals surface area contributed by atoms with Gasteiger partial charge in [0.15, 0.2) is 0 Å². The second-order valence-electron chi connectivity index (χ2n) is 4.11. The molecule has 0 rings (SSSR count). The molecular weight excluding hydrogens is 263 g/mol. The summed E-state index contributed by atoms with van der Waals surface area (Å²) in [7, 11) is -4.92. The molecule has 0 saturated carbocycles. The van der Waals surface area contributed by atoms with E-state index in [2.05, 4.69) is 13.8 Å². The summed E-state index contributed by atoms with van der Waals surface area (Å²) in [5.74, 6) is 0. The summed E-state index contributed by atoms with van der Waals surface area (Å²) < 4.78 is 32.8. The average molecular weight is 289 g/mol. The largest absolute Gasteiger partial charge is 1.00 e. The van der Waals surface area contributed by atoms with Crippen LogP contribution in [-0.2, 0) is 10.4 Å². The van der Waals surface area contributed by atoms with Crippen LogP contribution >= 0.6 is 0 Å². The maximum absolute atomic E-state index is 8.63. The van der Waals surface area contributed by atoms with E-state index in [1.165, 1.54) is 57.8 Å². The summed E-state index contributed by atoms with van der Waals surface area (Å²) in [6.45, 7) is 6.12. The molecule has 0 aliphatic rings. The van der Waals surface area contributed by atoms with Gasteiger partial charge < -0.3 is 11.5 Å². The van der Waals surface area contributed by atoms with Crippen LogP contribution in [0.25, 0.3) is 0 Å². The molecular formula is C12H26NaO4S-. The number of unbranched alkanes of at least 4 members (excludes halogenated alkanes) is 9. The smallest absolute Gasteiger partial charge is 0.726 e. The van der Waals surface area contributed by atoms with Crippen molar-refractivity contribution in [3.8, 4) is 0 Å². The SMILES string of the molecule is O=S(=O)([O-])O.[CH2-]CCCCCCCCCCC.[Na+]. The number of rotatable bonds is 9. The van der Waals surface area contributed by atoms with Crippen molar-refractivity contribution >= 4 is 10.4 Å². The third-order valence-corrected chi connectivity index (χ3v) is 2.35. The summed E-state index contributed by atoms with van der Waals surface area (Å²) in [4.78, 5) is 0. The van der Waals surface area contributed by atoms with E-state index in [4.69, 9.17) is 17.5 Å². The first-order valence-electron chi connectivity index (χ1n) is 6.39. The first-order chi connectivity index (χ1) is 7.91. The fourth-order valence-electron chi connectivity index (χ4n) is 1.49. The molecule has 0 aromatic heterocycles. The van der Waals surface area contributed by atoms with Gasteiger partial charge >= 0.3 is 29.6 Å². The van der Waals surface area contributed by atoms with E-state index < -0.39 is 10.4 Å². The van der Waals surface area contributed by atoms with Crippen molar-refractivity contribution in [2.45, 2.75) is 71.1 Å². The molecule has 0 aliphatic carbocycles. The van der Waals surface area contributed by atoms with Crippen molar-refractivity contribution in [2.24, 2.45) is 0 Å². The van der Waals surface area contributed by atoms with Crippen molar-refractivity contribution < 1.29 is 47.1 Å². The van der Waals surface area contributed by atoms with Crippen LogP contribution in [0, 0.1) is 6.92 Å². The van der Waals surface area contributed by atoms with Crippen molar-refractivity contribution in [3.05, 3.63) is 6.92 Å². The zero-order valence-electron chi connectivity index (χ0n) is 11.9. The molecule has 6 heteroatoms. The normalized spacial score (nSPS) is 10.2. The van der Waals surface area contributed by atoms with Crippen molar-refractivity contribution in [1.82, 2.24) is 0 Å². The second-order valence-corrected chi connectivity index (χ2v) is 4.97. The molecule has 0 aliphatic heterocycles. The molecule has 18 heavy (non-hydrogen) atoms. The van der Waals surface area contributed by atoms with Gasteiger partial charge in [0.05, 0.1) is 0 Å². The van der Waals surface area contributed by atoms with Crippen LogP contribution < -0.4 is 29.6 Å². The molecule has 0 atom stereocenters. The second kappa shape index (κ2) is 17.9. The monoisotopic (exact) mass is 289 g/mol. The van der Waals surface area contributed by atoms with Crippen molar-refractivity contribution in [3.63, 3.8) is 0 Å². The van der Waals surface area contributed by atoms with Gasteiger partial charge in [0.1, 0.15) is 0 Å². The Morgan fingerprint density at radius 1 is 0.944 bits per heavy atom. The van der Waals surface area contributed by atoms with E-state index >= 15 is 0 Å². The van der Waals surface area contributed by atoms with Crippen LogP contribution in [0.15, 0.2) is 0 Å². The molecule has 0 aromatic carbocycles. The molecule has 0 fully saturated rings. The molecule has 0 heterocycles. The van der Waals surface area contributed by atoms with Gasteiger partial charge in [-0.05, 0) is 0 Å².